The fourth-order valence-electron chi connectivity index (χ4n) is 2.94. The molecular formula is C16H20N4S2. The average Bonchev–Trinajstić information content (AvgIpc) is 2.97. The molecule has 0 N–H and O–H groups in total. The second kappa shape index (κ2) is 5.93. The van der Waals surface area contributed by atoms with Gasteiger partial charge in [0.2, 0.25) is 4.80 Å². The highest BCUT2D eigenvalue weighted by Crippen LogP contribution is 2.24. The van der Waals surface area contributed by atoms with Crippen LogP contribution in [0.3, 0.4) is 0 Å². The molecule has 0 amide bonds. The topological polar surface area (TPSA) is 33.4 Å². The van der Waals surface area contributed by atoms with E-state index >= 15 is 0 Å². The maximum absolute atomic E-state index is 5.57. The molecule has 0 fully saturated rings. The molecule has 0 bridgehead atoms. The van der Waals surface area contributed by atoms with E-state index in [9.17, 15) is 0 Å². The predicted molar refractivity (Wildman–Crippen MR) is 94.5 cm³/mol. The van der Waals surface area contributed by atoms with Crippen molar-refractivity contribution in [1.29, 1.82) is 0 Å². The molecular weight excluding hydrogens is 312 g/mol. The first-order valence-corrected chi connectivity index (χ1v) is 8.70. The molecule has 6 heteroatoms. The van der Waals surface area contributed by atoms with Crippen LogP contribution in [0.2, 0.25) is 0 Å². The zero-order valence-corrected chi connectivity index (χ0v) is 14.9. The summed E-state index contributed by atoms with van der Waals surface area (Å²) in [5.74, 6) is 1.05. The molecule has 0 atom stereocenters. The number of benzene rings is 1. The van der Waals surface area contributed by atoms with Crippen molar-refractivity contribution in [3.05, 3.63) is 40.5 Å². The van der Waals surface area contributed by atoms with Crippen molar-refractivity contribution in [1.82, 2.24) is 13.8 Å². The van der Waals surface area contributed by atoms with Crippen molar-refractivity contribution in [2.75, 3.05) is 0 Å². The van der Waals surface area contributed by atoms with Crippen LogP contribution in [0.5, 0.6) is 0 Å². The van der Waals surface area contributed by atoms with Gasteiger partial charge in [0.1, 0.15) is 5.82 Å². The van der Waals surface area contributed by atoms with E-state index in [1.54, 1.807) is 0 Å². The third-order valence-corrected chi connectivity index (χ3v) is 4.83. The van der Waals surface area contributed by atoms with E-state index in [-0.39, 0.29) is 0 Å². The number of thiocarbonyl (C=S) groups is 1. The van der Waals surface area contributed by atoms with Crippen LogP contribution in [-0.2, 0) is 6.42 Å². The first-order chi connectivity index (χ1) is 10.5. The molecule has 2 heterocycles. The lowest BCUT2D eigenvalue weighted by Gasteiger charge is -2.30. The Labute approximate surface area is 140 Å². The van der Waals surface area contributed by atoms with Gasteiger partial charge in [-0.3, -0.25) is 4.57 Å². The van der Waals surface area contributed by atoms with E-state index in [0.29, 0.717) is 17.2 Å². The zero-order valence-electron chi connectivity index (χ0n) is 13.3. The maximum Gasteiger partial charge on any atom is 0.216 e. The summed E-state index contributed by atoms with van der Waals surface area (Å²) in [6.07, 6.45) is 0.868. The van der Waals surface area contributed by atoms with Crippen LogP contribution in [0.25, 0.3) is 5.69 Å². The van der Waals surface area contributed by atoms with Gasteiger partial charge in [-0.25, -0.2) is 0 Å². The molecule has 4 nitrogen and oxygen atoms in total. The molecule has 1 aliphatic heterocycles. The lowest BCUT2D eigenvalue weighted by Crippen LogP contribution is -2.41. The Balaban J connectivity index is 2.04. The molecule has 116 valence electrons. The third-order valence-electron chi connectivity index (χ3n) is 3.79. The number of hydrogen-bond acceptors (Lipinski definition) is 3. The van der Waals surface area contributed by atoms with E-state index in [1.165, 1.54) is 22.8 Å². The van der Waals surface area contributed by atoms with Crippen molar-refractivity contribution < 1.29 is 0 Å². The van der Waals surface area contributed by atoms with Gasteiger partial charge in [0.05, 0.1) is 5.69 Å². The van der Waals surface area contributed by atoms with E-state index in [0.717, 1.165) is 17.0 Å². The minimum Gasteiger partial charge on any atom is -0.343 e. The van der Waals surface area contributed by atoms with E-state index in [1.807, 2.05) is 0 Å². The summed E-state index contributed by atoms with van der Waals surface area (Å²) in [4.78, 5) is 7.72. The van der Waals surface area contributed by atoms with Gasteiger partial charge in [-0.05, 0) is 51.5 Å². The lowest BCUT2D eigenvalue weighted by molar-refractivity contribution is 0.294. The van der Waals surface area contributed by atoms with Crippen LogP contribution in [0.1, 0.15) is 39.1 Å². The van der Waals surface area contributed by atoms with Crippen molar-refractivity contribution in [3.8, 4) is 5.69 Å². The molecule has 1 aromatic heterocycles. The number of para-hydroxylation sites is 1. The Morgan fingerprint density at radius 2 is 1.95 bits per heavy atom. The summed E-state index contributed by atoms with van der Waals surface area (Å²) in [7, 11) is 0. The first-order valence-electron chi connectivity index (χ1n) is 7.52. The van der Waals surface area contributed by atoms with Crippen molar-refractivity contribution in [3.63, 3.8) is 0 Å². The molecule has 2 aromatic rings. The van der Waals surface area contributed by atoms with Crippen LogP contribution < -0.4 is 4.80 Å². The van der Waals surface area contributed by atoms with Gasteiger partial charge in [0, 0.05) is 30.0 Å². The fraction of sp³-hybridized carbons (Fsp3) is 0.438. The molecule has 0 unspecified atom stereocenters. The fourth-order valence-corrected chi connectivity index (χ4v) is 4.25. The van der Waals surface area contributed by atoms with Gasteiger partial charge in [-0.1, -0.05) is 18.2 Å². The monoisotopic (exact) mass is 332 g/mol. The molecule has 3 rings (SSSR count). The smallest absolute Gasteiger partial charge is 0.216 e. The number of fused-ring (bicyclic) bond motifs is 3. The van der Waals surface area contributed by atoms with Gasteiger partial charge < -0.3 is 4.90 Å². The quantitative estimate of drug-likeness (QED) is 0.676. The van der Waals surface area contributed by atoms with Gasteiger partial charge in [0.25, 0.3) is 0 Å². The SMILES string of the molecule is CC(C)N(C(=S)/N=c1\snc2n1-c1ccccc1C2)C(C)C. The Kier molecular flexibility index (Phi) is 4.14. The molecule has 22 heavy (non-hydrogen) atoms. The van der Waals surface area contributed by atoms with E-state index in [4.69, 9.17) is 17.2 Å². The van der Waals surface area contributed by atoms with Crippen LogP contribution in [0, 0.1) is 0 Å². The van der Waals surface area contributed by atoms with Crippen molar-refractivity contribution in [2.45, 2.75) is 46.2 Å². The summed E-state index contributed by atoms with van der Waals surface area (Å²) in [5.41, 5.74) is 2.47. The number of nitrogens with zero attached hydrogens (tertiary/aromatic N) is 4. The van der Waals surface area contributed by atoms with E-state index < -0.39 is 0 Å². The summed E-state index contributed by atoms with van der Waals surface area (Å²) < 4.78 is 6.68. The van der Waals surface area contributed by atoms with Crippen LogP contribution in [0.15, 0.2) is 29.3 Å². The van der Waals surface area contributed by atoms with Crippen LogP contribution in [0.4, 0.5) is 0 Å². The molecule has 0 spiro atoms. The summed E-state index contributed by atoms with van der Waals surface area (Å²) in [6.45, 7) is 8.56. The third kappa shape index (κ3) is 2.61. The lowest BCUT2D eigenvalue weighted by atomic mass is 10.2. The normalized spacial score (nSPS) is 13.6. The van der Waals surface area contributed by atoms with Crippen LogP contribution in [-0.4, -0.2) is 31.0 Å². The van der Waals surface area contributed by atoms with Gasteiger partial charge in [0.15, 0.2) is 5.11 Å². The highest BCUT2D eigenvalue weighted by Gasteiger charge is 2.22. The predicted octanol–water partition coefficient (Wildman–Crippen LogP) is 3.14. The summed E-state index contributed by atoms with van der Waals surface area (Å²) in [5, 5.41) is 0.633. The highest BCUT2D eigenvalue weighted by molar-refractivity contribution is 7.80. The second-order valence-electron chi connectivity index (χ2n) is 6.01. The average molecular weight is 332 g/mol. The Morgan fingerprint density at radius 3 is 2.64 bits per heavy atom. The van der Waals surface area contributed by atoms with Gasteiger partial charge in [-0.2, -0.15) is 9.37 Å². The Morgan fingerprint density at radius 1 is 1.27 bits per heavy atom. The van der Waals surface area contributed by atoms with Gasteiger partial charge >= 0.3 is 0 Å². The zero-order chi connectivity index (χ0) is 15.9. The molecule has 1 aliphatic rings. The summed E-state index contributed by atoms with van der Waals surface area (Å²) >= 11 is 6.99. The molecule has 1 aromatic carbocycles. The van der Waals surface area contributed by atoms with Gasteiger partial charge in [-0.15, -0.1) is 0 Å². The van der Waals surface area contributed by atoms with E-state index in [2.05, 4.69) is 65.8 Å². The van der Waals surface area contributed by atoms with Crippen molar-refractivity contribution in [2.24, 2.45) is 4.99 Å². The first kappa shape index (κ1) is 15.4. The largest absolute Gasteiger partial charge is 0.343 e. The standard InChI is InChI=1S/C16H20N4S2/c1-10(2)19(11(3)4)15(21)17-16-20-13-8-6-5-7-12(13)9-14(20)18-22-16/h5-8,10-11H,9H2,1-4H3/b17-16-. The minimum atomic E-state index is 0.328. The van der Waals surface area contributed by atoms with Crippen molar-refractivity contribution >= 4 is 28.9 Å². The molecule has 0 radical (unpaired) electrons. The van der Waals surface area contributed by atoms with Crippen LogP contribution >= 0.6 is 23.8 Å². The molecule has 0 saturated carbocycles. The summed E-state index contributed by atoms with van der Waals surface area (Å²) in [6, 6.07) is 9.03. The molecule has 0 saturated heterocycles. The molecule has 0 aliphatic carbocycles. The Bertz CT molecular complexity index is 762. The minimum absolute atomic E-state index is 0.328. The number of aromatic nitrogens is 2. The number of hydrogen-bond donors (Lipinski definition) is 0. The Hall–Kier alpha value is -1.53. The second-order valence-corrected chi connectivity index (χ2v) is 7.11. The highest BCUT2D eigenvalue weighted by atomic mass is 32.1. The maximum atomic E-state index is 5.57. The number of rotatable bonds is 2.